The Morgan fingerprint density at radius 3 is 2.59 bits per heavy atom. The lowest BCUT2D eigenvalue weighted by Gasteiger charge is -2.13. The highest BCUT2D eigenvalue weighted by molar-refractivity contribution is 7.13. The van der Waals surface area contributed by atoms with Crippen LogP contribution >= 0.6 is 11.3 Å². The van der Waals surface area contributed by atoms with Crippen LogP contribution in [0.3, 0.4) is 0 Å². The summed E-state index contributed by atoms with van der Waals surface area (Å²) in [7, 11) is 0. The summed E-state index contributed by atoms with van der Waals surface area (Å²) >= 11 is 1.41. The van der Waals surface area contributed by atoms with Crippen molar-refractivity contribution < 1.29 is 19.1 Å². The van der Waals surface area contributed by atoms with E-state index in [1.807, 2.05) is 12.1 Å². The number of carbonyl (C=O) groups is 3. The number of hydrogen-bond donors (Lipinski definition) is 1. The molecule has 1 amide bonds. The van der Waals surface area contributed by atoms with Crippen molar-refractivity contribution in [2.24, 2.45) is 0 Å². The quantitative estimate of drug-likeness (QED) is 0.474. The predicted molar refractivity (Wildman–Crippen MR) is 110 cm³/mol. The van der Waals surface area contributed by atoms with Crippen LogP contribution in [0.2, 0.25) is 0 Å². The van der Waals surface area contributed by atoms with Crippen LogP contribution in [-0.2, 0) is 20.7 Å². The first kappa shape index (κ1) is 20.3. The molecule has 0 spiro atoms. The number of ether oxygens (including phenoxy) is 1. The molecule has 0 aliphatic heterocycles. The van der Waals surface area contributed by atoms with E-state index in [2.05, 4.69) is 15.3 Å². The fraction of sp³-hybridized carbons (Fsp3) is 0.190. The van der Waals surface area contributed by atoms with E-state index < -0.39 is 18.0 Å². The maximum Gasteiger partial charge on any atom is 0.312 e. The lowest BCUT2D eigenvalue weighted by Crippen LogP contribution is -2.30. The number of rotatable bonds is 7. The van der Waals surface area contributed by atoms with Crippen LogP contribution in [0.1, 0.15) is 29.9 Å². The second-order valence-electron chi connectivity index (χ2n) is 6.32. The number of amides is 1. The summed E-state index contributed by atoms with van der Waals surface area (Å²) in [6.45, 7) is 2.97. The third kappa shape index (κ3) is 5.55. The average Bonchev–Trinajstić information content (AvgIpc) is 3.17. The molecule has 0 unspecified atom stereocenters. The Labute approximate surface area is 171 Å². The van der Waals surface area contributed by atoms with Gasteiger partial charge in [-0.3, -0.25) is 19.4 Å². The van der Waals surface area contributed by atoms with E-state index >= 15 is 0 Å². The van der Waals surface area contributed by atoms with Crippen molar-refractivity contribution in [3.8, 4) is 10.6 Å². The topological polar surface area (TPSA) is 98.2 Å². The molecule has 1 aromatic carbocycles. The summed E-state index contributed by atoms with van der Waals surface area (Å²) in [5, 5.41) is 5.20. The highest BCUT2D eigenvalue weighted by atomic mass is 32.1. The Kier molecular flexibility index (Phi) is 6.46. The van der Waals surface area contributed by atoms with E-state index in [9.17, 15) is 14.4 Å². The fourth-order valence-corrected chi connectivity index (χ4v) is 3.29. The molecule has 0 fully saturated rings. The maximum atomic E-state index is 12.2. The highest BCUT2D eigenvalue weighted by Crippen LogP contribution is 2.23. The van der Waals surface area contributed by atoms with Crippen molar-refractivity contribution in [2.75, 3.05) is 5.32 Å². The Bertz CT molecular complexity index is 1020. The van der Waals surface area contributed by atoms with Crippen molar-refractivity contribution in [1.29, 1.82) is 0 Å². The summed E-state index contributed by atoms with van der Waals surface area (Å²) < 4.78 is 5.21. The number of pyridine rings is 1. The highest BCUT2D eigenvalue weighted by Gasteiger charge is 2.19. The largest absolute Gasteiger partial charge is 0.452 e. The van der Waals surface area contributed by atoms with Gasteiger partial charge in [0.2, 0.25) is 0 Å². The number of hydrogen-bond acceptors (Lipinski definition) is 7. The SMILES string of the molecule is CC(=O)c1ccc(NC(=O)[C@@H](C)OC(=O)Cc2csc(-c3cccnc3)n2)cc1. The molecule has 0 aliphatic carbocycles. The van der Waals surface area contributed by atoms with Gasteiger partial charge in [0.15, 0.2) is 11.9 Å². The van der Waals surface area contributed by atoms with E-state index in [4.69, 9.17) is 4.74 Å². The molecule has 2 heterocycles. The van der Waals surface area contributed by atoms with Crippen molar-refractivity contribution in [3.05, 3.63) is 65.4 Å². The van der Waals surface area contributed by atoms with Crippen LogP contribution in [0.4, 0.5) is 5.69 Å². The zero-order chi connectivity index (χ0) is 20.8. The molecule has 0 aliphatic rings. The maximum absolute atomic E-state index is 12.2. The van der Waals surface area contributed by atoms with Gasteiger partial charge in [-0.2, -0.15) is 0 Å². The molecule has 29 heavy (non-hydrogen) atoms. The summed E-state index contributed by atoms with van der Waals surface area (Å²) in [4.78, 5) is 44.1. The number of nitrogens with zero attached hydrogens (tertiary/aromatic N) is 2. The second kappa shape index (κ2) is 9.20. The molecule has 0 bridgehead atoms. The summed E-state index contributed by atoms with van der Waals surface area (Å²) in [6.07, 6.45) is 2.39. The average molecular weight is 409 g/mol. The Morgan fingerprint density at radius 2 is 1.93 bits per heavy atom. The van der Waals surface area contributed by atoms with Crippen LogP contribution in [0.5, 0.6) is 0 Å². The minimum absolute atomic E-state index is 0.0261. The molecule has 8 heteroatoms. The predicted octanol–water partition coefficient (Wildman–Crippen LogP) is 3.52. The molecule has 1 atom stereocenters. The number of aromatic nitrogens is 2. The standard InChI is InChI=1S/C21H19N3O4S/c1-13(25)15-5-7-17(8-6-15)23-20(27)14(2)28-19(26)10-18-12-29-21(24-18)16-4-3-9-22-11-16/h3-9,11-12,14H,10H2,1-2H3,(H,23,27)/t14-/m1/s1. The number of ketones is 1. The molecule has 1 N–H and O–H groups in total. The Morgan fingerprint density at radius 1 is 1.17 bits per heavy atom. The monoisotopic (exact) mass is 409 g/mol. The lowest BCUT2D eigenvalue weighted by molar-refractivity contribution is -0.152. The first-order chi connectivity index (χ1) is 13.9. The minimum Gasteiger partial charge on any atom is -0.452 e. The lowest BCUT2D eigenvalue weighted by atomic mass is 10.1. The molecular formula is C21H19N3O4S. The van der Waals surface area contributed by atoms with E-state index in [0.717, 1.165) is 10.6 Å². The van der Waals surface area contributed by atoms with Gasteiger partial charge < -0.3 is 10.1 Å². The van der Waals surface area contributed by atoms with Gasteiger partial charge >= 0.3 is 5.97 Å². The van der Waals surface area contributed by atoms with Crippen LogP contribution in [-0.4, -0.2) is 33.7 Å². The molecular weight excluding hydrogens is 390 g/mol. The van der Waals surface area contributed by atoms with Gasteiger partial charge in [-0.1, -0.05) is 0 Å². The second-order valence-corrected chi connectivity index (χ2v) is 7.18. The number of benzene rings is 1. The van der Waals surface area contributed by atoms with Gasteiger partial charge in [-0.25, -0.2) is 4.98 Å². The van der Waals surface area contributed by atoms with E-state index in [1.54, 1.807) is 42.0 Å². The van der Waals surface area contributed by atoms with Gasteiger partial charge in [0.25, 0.3) is 5.91 Å². The smallest absolute Gasteiger partial charge is 0.312 e. The molecule has 3 rings (SSSR count). The number of nitrogens with one attached hydrogen (secondary N) is 1. The van der Waals surface area contributed by atoms with Gasteiger partial charge in [-0.05, 0) is 50.2 Å². The number of thiazole rings is 1. The van der Waals surface area contributed by atoms with Gasteiger partial charge in [0, 0.05) is 34.6 Å². The number of carbonyl (C=O) groups excluding carboxylic acids is 3. The fourth-order valence-electron chi connectivity index (χ4n) is 2.48. The van der Waals surface area contributed by atoms with Gasteiger partial charge in [0.05, 0.1) is 12.1 Å². The van der Waals surface area contributed by atoms with E-state index in [-0.39, 0.29) is 12.2 Å². The van der Waals surface area contributed by atoms with Crippen LogP contribution in [0, 0.1) is 0 Å². The van der Waals surface area contributed by atoms with Gasteiger partial charge in [0.1, 0.15) is 5.01 Å². The zero-order valence-electron chi connectivity index (χ0n) is 15.9. The zero-order valence-corrected chi connectivity index (χ0v) is 16.7. The molecule has 0 radical (unpaired) electrons. The van der Waals surface area contributed by atoms with Crippen LogP contribution in [0.15, 0.2) is 54.2 Å². The Balaban J connectivity index is 1.53. The number of anilines is 1. The minimum atomic E-state index is -0.966. The molecule has 7 nitrogen and oxygen atoms in total. The van der Waals surface area contributed by atoms with Crippen molar-refractivity contribution >= 4 is 34.7 Å². The number of esters is 1. The first-order valence-corrected chi connectivity index (χ1v) is 9.76. The molecule has 0 saturated heterocycles. The Hall–Kier alpha value is -3.39. The van der Waals surface area contributed by atoms with Crippen molar-refractivity contribution in [1.82, 2.24) is 9.97 Å². The summed E-state index contributed by atoms with van der Waals surface area (Å²) in [5.74, 6) is -1.05. The summed E-state index contributed by atoms with van der Waals surface area (Å²) in [5.41, 5.74) is 2.52. The summed E-state index contributed by atoms with van der Waals surface area (Å²) in [6, 6.07) is 10.2. The normalized spacial score (nSPS) is 11.5. The van der Waals surface area contributed by atoms with E-state index in [0.29, 0.717) is 16.9 Å². The van der Waals surface area contributed by atoms with Crippen LogP contribution < -0.4 is 5.32 Å². The first-order valence-electron chi connectivity index (χ1n) is 8.88. The molecule has 2 aromatic heterocycles. The molecule has 0 saturated carbocycles. The third-order valence-electron chi connectivity index (χ3n) is 4.02. The van der Waals surface area contributed by atoms with Crippen LogP contribution in [0.25, 0.3) is 10.6 Å². The number of Topliss-reactive ketones (excluding diaryl/α,β-unsaturated/α-hetero) is 1. The molecule has 148 valence electrons. The van der Waals surface area contributed by atoms with Crippen molar-refractivity contribution in [3.63, 3.8) is 0 Å². The van der Waals surface area contributed by atoms with Gasteiger partial charge in [-0.15, -0.1) is 11.3 Å². The third-order valence-corrected chi connectivity index (χ3v) is 4.96. The van der Waals surface area contributed by atoms with E-state index in [1.165, 1.54) is 25.2 Å². The molecule has 3 aromatic rings. The van der Waals surface area contributed by atoms with Crippen molar-refractivity contribution in [2.45, 2.75) is 26.4 Å².